The monoisotopic (exact) mass is 229 g/mol. The van der Waals surface area contributed by atoms with Gasteiger partial charge in [-0.3, -0.25) is 4.79 Å². The first-order valence-corrected chi connectivity index (χ1v) is 6.00. The fraction of sp³-hybridized carbons (Fsp3) is 0.385. The zero-order chi connectivity index (χ0) is 11.7. The van der Waals surface area contributed by atoms with Gasteiger partial charge in [0.25, 0.3) is 0 Å². The standard InChI is InChI=1S/C13H15N3O/c17-9-16-6-2-3-11(16)7-10-8-15-13-12(10)4-1-5-14-13/h1,4-5,8-9,11H,2-3,6-7H2,(H,14,15). The van der Waals surface area contributed by atoms with Crippen LogP contribution in [0.4, 0.5) is 0 Å². The fourth-order valence-corrected chi connectivity index (χ4v) is 2.65. The van der Waals surface area contributed by atoms with E-state index in [1.165, 1.54) is 10.9 Å². The molecule has 3 heterocycles. The zero-order valence-corrected chi connectivity index (χ0v) is 9.60. The number of nitrogens with one attached hydrogen (secondary N) is 1. The summed E-state index contributed by atoms with van der Waals surface area (Å²) in [5, 5.41) is 1.17. The quantitative estimate of drug-likeness (QED) is 0.815. The molecule has 1 saturated heterocycles. The molecule has 88 valence electrons. The van der Waals surface area contributed by atoms with Crippen molar-refractivity contribution in [1.82, 2.24) is 14.9 Å². The SMILES string of the molecule is O=CN1CCCC1Cc1c[nH]c2ncccc12. The van der Waals surface area contributed by atoms with Crippen molar-refractivity contribution in [3.05, 3.63) is 30.1 Å². The van der Waals surface area contributed by atoms with Crippen molar-refractivity contribution in [3.63, 3.8) is 0 Å². The average molecular weight is 229 g/mol. The summed E-state index contributed by atoms with van der Waals surface area (Å²) < 4.78 is 0. The van der Waals surface area contributed by atoms with E-state index in [2.05, 4.69) is 16.0 Å². The lowest BCUT2D eigenvalue weighted by Crippen LogP contribution is -2.29. The third kappa shape index (κ3) is 1.79. The Hall–Kier alpha value is -1.84. The van der Waals surface area contributed by atoms with Crippen molar-refractivity contribution in [1.29, 1.82) is 0 Å². The molecule has 1 atom stereocenters. The lowest BCUT2D eigenvalue weighted by Gasteiger charge is -2.19. The molecule has 0 radical (unpaired) electrons. The minimum atomic E-state index is 0.353. The number of nitrogens with zero attached hydrogens (tertiary/aromatic N) is 2. The van der Waals surface area contributed by atoms with Crippen molar-refractivity contribution in [2.45, 2.75) is 25.3 Å². The van der Waals surface area contributed by atoms with Crippen LogP contribution in [-0.4, -0.2) is 33.9 Å². The van der Waals surface area contributed by atoms with Gasteiger partial charge in [-0.05, 0) is 37.0 Å². The Morgan fingerprint density at radius 2 is 2.53 bits per heavy atom. The molecular weight excluding hydrogens is 214 g/mol. The molecule has 1 aliphatic rings. The Bertz CT molecular complexity index is 534. The van der Waals surface area contributed by atoms with E-state index in [-0.39, 0.29) is 0 Å². The van der Waals surface area contributed by atoms with Crippen LogP contribution in [0.3, 0.4) is 0 Å². The molecule has 2 aromatic rings. The van der Waals surface area contributed by atoms with Gasteiger partial charge >= 0.3 is 0 Å². The summed E-state index contributed by atoms with van der Waals surface area (Å²) in [7, 11) is 0. The number of aromatic amines is 1. The summed E-state index contributed by atoms with van der Waals surface area (Å²) in [5.74, 6) is 0. The van der Waals surface area contributed by atoms with Gasteiger partial charge in [-0.1, -0.05) is 0 Å². The predicted octanol–water partition coefficient (Wildman–Crippen LogP) is 1.73. The zero-order valence-electron chi connectivity index (χ0n) is 9.60. The summed E-state index contributed by atoms with van der Waals surface area (Å²) in [5.41, 5.74) is 2.19. The van der Waals surface area contributed by atoms with Gasteiger partial charge in [-0.25, -0.2) is 4.98 Å². The first-order chi connectivity index (χ1) is 8.38. The molecule has 17 heavy (non-hydrogen) atoms. The molecule has 0 bridgehead atoms. The molecule has 3 rings (SSSR count). The van der Waals surface area contributed by atoms with Crippen LogP contribution in [0.2, 0.25) is 0 Å². The summed E-state index contributed by atoms with van der Waals surface area (Å²) >= 11 is 0. The van der Waals surface area contributed by atoms with E-state index < -0.39 is 0 Å². The van der Waals surface area contributed by atoms with E-state index in [4.69, 9.17) is 0 Å². The van der Waals surface area contributed by atoms with Crippen LogP contribution in [0.15, 0.2) is 24.5 Å². The minimum absolute atomic E-state index is 0.353. The molecule has 0 aromatic carbocycles. The predicted molar refractivity (Wildman–Crippen MR) is 65.6 cm³/mol. The highest BCUT2D eigenvalue weighted by atomic mass is 16.1. The number of amides is 1. The minimum Gasteiger partial charge on any atom is -0.346 e. The van der Waals surface area contributed by atoms with Crippen LogP contribution in [0, 0.1) is 0 Å². The molecule has 4 heteroatoms. The van der Waals surface area contributed by atoms with Gasteiger partial charge in [0.15, 0.2) is 0 Å². The molecule has 0 spiro atoms. The third-order valence-electron chi connectivity index (χ3n) is 3.55. The molecule has 1 aliphatic heterocycles. The fourth-order valence-electron chi connectivity index (χ4n) is 2.65. The van der Waals surface area contributed by atoms with E-state index in [1.807, 2.05) is 17.2 Å². The highest BCUT2D eigenvalue weighted by molar-refractivity contribution is 5.79. The first kappa shape index (κ1) is 10.3. The summed E-state index contributed by atoms with van der Waals surface area (Å²) in [6, 6.07) is 4.38. The number of hydrogen-bond acceptors (Lipinski definition) is 2. The molecule has 1 unspecified atom stereocenters. The first-order valence-electron chi connectivity index (χ1n) is 6.00. The molecule has 1 amide bonds. The van der Waals surface area contributed by atoms with Crippen molar-refractivity contribution >= 4 is 17.4 Å². The molecule has 1 N–H and O–H groups in total. The summed E-state index contributed by atoms with van der Waals surface area (Å²) in [6.07, 6.45) is 7.92. The van der Waals surface area contributed by atoms with Crippen molar-refractivity contribution in [2.75, 3.05) is 6.54 Å². The maximum atomic E-state index is 10.9. The van der Waals surface area contributed by atoms with Gasteiger partial charge in [-0.2, -0.15) is 0 Å². The lowest BCUT2D eigenvalue weighted by atomic mass is 10.0. The van der Waals surface area contributed by atoms with Gasteiger partial charge in [-0.15, -0.1) is 0 Å². The maximum Gasteiger partial charge on any atom is 0.209 e. The largest absolute Gasteiger partial charge is 0.346 e. The number of hydrogen-bond donors (Lipinski definition) is 1. The molecule has 0 aliphatic carbocycles. The van der Waals surface area contributed by atoms with Crippen molar-refractivity contribution in [3.8, 4) is 0 Å². The van der Waals surface area contributed by atoms with Crippen LogP contribution in [0.1, 0.15) is 18.4 Å². The number of aromatic nitrogens is 2. The Balaban J connectivity index is 1.87. The van der Waals surface area contributed by atoms with Crippen LogP contribution in [0.25, 0.3) is 11.0 Å². The third-order valence-corrected chi connectivity index (χ3v) is 3.55. The van der Waals surface area contributed by atoms with Crippen LogP contribution >= 0.6 is 0 Å². The maximum absolute atomic E-state index is 10.9. The van der Waals surface area contributed by atoms with Gasteiger partial charge in [0.2, 0.25) is 6.41 Å². The second kappa shape index (κ2) is 4.20. The summed E-state index contributed by atoms with van der Waals surface area (Å²) in [6.45, 7) is 0.898. The second-order valence-electron chi connectivity index (χ2n) is 4.56. The number of H-pyrrole nitrogens is 1. The molecule has 0 saturated carbocycles. The van der Waals surface area contributed by atoms with Crippen molar-refractivity contribution < 1.29 is 4.79 Å². The molecular formula is C13H15N3O. The lowest BCUT2D eigenvalue weighted by molar-refractivity contribution is -0.118. The van der Waals surface area contributed by atoms with Crippen LogP contribution < -0.4 is 0 Å². The highest BCUT2D eigenvalue weighted by Gasteiger charge is 2.23. The molecule has 4 nitrogen and oxygen atoms in total. The normalized spacial score (nSPS) is 20.0. The molecule has 2 aromatic heterocycles. The number of carbonyl (C=O) groups is 1. The van der Waals surface area contributed by atoms with Gasteiger partial charge in [0.05, 0.1) is 0 Å². The number of pyridine rings is 1. The van der Waals surface area contributed by atoms with E-state index in [1.54, 1.807) is 6.20 Å². The van der Waals surface area contributed by atoms with Gasteiger partial charge < -0.3 is 9.88 Å². The number of carbonyl (C=O) groups excluding carboxylic acids is 1. The van der Waals surface area contributed by atoms with Gasteiger partial charge in [0, 0.05) is 30.4 Å². The van der Waals surface area contributed by atoms with Crippen LogP contribution in [0.5, 0.6) is 0 Å². The highest BCUT2D eigenvalue weighted by Crippen LogP contribution is 2.23. The van der Waals surface area contributed by atoms with E-state index >= 15 is 0 Å². The van der Waals surface area contributed by atoms with E-state index in [0.29, 0.717) is 6.04 Å². The van der Waals surface area contributed by atoms with E-state index in [9.17, 15) is 4.79 Å². The average Bonchev–Trinajstić information content (AvgIpc) is 2.97. The Kier molecular flexibility index (Phi) is 2.55. The Morgan fingerprint density at radius 1 is 1.59 bits per heavy atom. The number of likely N-dealkylation sites (tertiary alicyclic amines) is 1. The van der Waals surface area contributed by atoms with Gasteiger partial charge in [0.1, 0.15) is 5.65 Å². The second-order valence-corrected chi connectivity index (χ2v) is 4.56. The Morgan fingerprint density at radius 3 is 3.41 bits per heavy atom. The molecule has 1 fully saturated rings. The van der Waals surface area contributed by atoms with Crippen LogP contribution in [-0.2, 0) is 11.2 Å². The Labute approximate surface area is 99.6 Å². The smallest absolute Gasteiger partial charge is 0.209 e. The van der Waals surface area contributed by atoms with Crippen molar-refractivity contribution in [2.24, 2.45) is 0 Å². The topological polar surface area (TPSA) is 49.0 Å². The number of fused-ring (bicyclic) bond motifs is 1. The number of rotatable bonds is 3. The summed E-state index contributed by atoms with van der Waals surface area (Å²) in [4.78, 5) is 20.3. The van der Waals surface area contributed by atoms with E-state index in [0.717, 1.165) is 37.9 Å².